The highest BCUT2D eigenvalue weighted by Crippen LogP contribution is 2.05. The van der Waals surface area contributed by atoms with Gasteiger partial charge in [-0.15, -0.1) is 6.42 Å². The van der Waals surface area contributed by atoms with Crippen molar-refractivity contribution in [3.8, 4) is 12.3 Å². The van der Waals surface area contributed by atoms with Crippen LogP contribution in [0.5, 0.6) is 0 Å². The maximum atomic E-state index is 11.7. The minimum Gasteiger partial charge on any atom is -0.480 e. The topological polar surface area (TPSA) is 69.6 Å². The predicted octanol–water partition coefficient (Wildman–Crippen LogP) is 1.35. The Hall–Kier alpha value is -2.48. The van der Waals surface area contributed by atoms with Gasteiger partial charge in [0.25, 0.3) is 0 Å². The average molecular weight is 274 g/mol. The van der Waals surface area contributed by atoms with Gasteiger partial charge in [0.15, 0.2) is 0 Å². The molecular weight excluding hydrogens is 256 g/mol. The molecule has 106 valence electrons. The molecule has 0 aromatic heterocycles. The fourth-order valence-electron chi connectivity index (χ4n) is 1.68. The number of hydrogen-bond acceptors (Lipinski definition) is 2. The van der Waals surface area contributed by atoms with E-state index >= 15 is 0 Å². The highest BCUT2D eigenvalue weighted by atomic mass is 16.4. The summed E-state index contributed by atoms with van der Waals surface area (Å²) in [6.07, 6.45) is 6.01. The second-order valence-corrected chi connectivity index (χ2v) is 4.42. The molecule has 0 aliphatic carbocycles. The first-order chi connectivity index (χ1) is 9.54. The van der Waals surface area contributed by atoms with E-state index in [4.69, 9.17) is 11.5 Å². The molecule has 0 radical (unpaired) electrons. The molecule has 0 bridgehead atoms. The zero-order valence-corrected chi connectivity index (χ0v) is 11.4. The number of hydrogen-bond donors (Lipinski definition) is 2. The summed E-state index contributed by atoms with van der Waals surface area (Å²) in [5.41, 5.74) is 1.03. The molecule has 0 aliphatic heterocycles. The summed E-state index contributed by atoms with van der Waals surface area (Å²) >= 11 is 0. The predicted molar refractivity (Wildman–Crippen MR) is 76.2 cm³/mol. The van der Waals surface area contributed by atoms with Crippen molar-refractivity contribution in [1.29, 1.82) is 0 Å². The Kier molecular flexibility index (Phi) is 6.11. The van der Waals surface area contributed by atoms with Gasteiger partial charge in [-0.3, -0.25) is 0 Å². The number of rotatable bonds is 6. The van der Waals surface area contributed by atoms with Crippen LogP contribution < -0.4 is 5.32 Å². The Balaban J connectivity index is 2.55. The number of nitrogens with one attached hydrogen (secondary N) is 1. The van der Waals surface area contributed by atoms with Crippen LogP contribution >= 0.6 is 0 Å². The van der Waals surface area contributed by atoms with E-state index in [2.05, 4.69) is 11.2 Å². The maximum Gasteiger partial charge on any atom is 0.326 e. The van der Waals surface area contributed by atoms with Crippen molar-refractivity contribution in [2.24, 2.45) is 0 Å². The molecule has 20 heavy (non-hydrogen) atoms. The van der Waals surface area contributed by atoms with Gasteiger partial charge in [0.05, 0.1) is 6.54 Å². The molecule has 0 aliphatic rings. The number of carboxylic acids is 1. The summed E-state index contributed by atoms with van der Waals surface area (Å²) in [6, 6.07) is 8.12. The third-order valence-corrected chi connectivity index (χ3v) is 2.84. The van der Waals surface area contributed by atoms with Crippen LogP contribution in [-0.4, -0.2) is 41.6 Å². The Morgan fingerprint density at radius 1 is 1.40 bits per heavy atom. The van der Waals surface area contributed by atoms with Gasteiger partial charge in [-0.25, -0.2) is 9.59 Å². The molecule has 2 N–H and O–H groups in total. The molecule has 1 atom stereocenters. The van der Waals surface area contributed by atoms with Crippen LogP contribution in [0.4, 0.5) is 4.79 Å². The van der Waals surface area contributed by atoms with Crippen molar-refractivity contribution in [3.05, 3.63) is 35.9 Å². The minimum absolute atomic E-state index is 0.136. The number of carbonyl (C=O) groups is 2. The van der Waals surface area contributed by atoms with E-state index in [1.54, 1.807) is 0 Å². The lowest BCUT2D eigenvalue weighted by molar-refractivity contribution is -0.139. The molecule has 1 aromatic carbocycles. The second kappa shape index (κ2) is 7.85. The highest BCUT2D eigenvalue weighted by Gasteiger charge is 2.21. The molecule has 0 saturated carbocycles. The third-order valence-electron chi connectivity index (χ3n) is 2.84. The van der Waals surface area contributed by atoms with Crippen LogP contribution in [0.25, 0.3) is 0 Å². The SMILES string of the molecule is C#CCN(C)C(=O)N[C@@H](CCc1ccccc1)C(=O)O. The first-order valence-electron chi connectivity index (χ1n) is 6.26. The average Bonchev–Trinajstić information content (AvgIpc) is 2.44. The number of carbonyl (C=O) groups excluding carboxylic acids is 1. The van der Waals surface area contributed by atoms with Crippen molar-refractivity contribution in [2.45, 2.75) is 18.9 Å². The molecule has 2 amide bonds. The number of aryl methyl sites for hydroxylation is 1. The van der Waals surface area contributed by atoms with Gasteiger partial charge in [0.2, 0.25) is 0 Å². The summed E-state index contributed by atoms with van der Waals surface area (Å²) < 4.78 is 0. The molecule has 0 spiro atoms. The van der Waals surface area contributed by atoms with E-state index in [0.29, 0.717) is 12.8 Å². The maximum absolute atomic E-state index is 11.7. The fourth-order valence-corrected chi connectivity index (χ4v) is 1.68. The largest absolute Gasteiger partial charge is 0.480 e. The van der Waals surface area contributed by atoms with Crippen LogP contribution in [0, 0.1) is 12.3 Å². The van der Waals surface area contributed by atoms with Crippen LogP contribution in [-0.2, 0) is 11.2 Å². The number of benzene rings is 1. The lowest BCUT2D eigenvalue weighted by atomic mass is 10.1. The Morgan fingerprint density at radius 3 is 2.60 bits per heavy atom. The summed E-state index contributed by atoms with van der Waals surface area (Å²) in [4.78, 5) is 24.1. The Morgan fingerprint density at radius 2 is 2.05 bits per heavy atom. The monoisotopic (exact) mass is 274 g/mol. The third kappa shape index (κ3) is 5.02. The normalized spacial score (nSPS) is 11.2. The number of carboxylic acid groups (broad SMARTS) is 1. The van der Waals surface area contributed by atoms with Crippen LogP contribution in [0.2, 0.25) is 0 Å². The van der Waals surface area contributed by atoms with Gasteiger partial charge in [-0.05, 0) is 18.4 Å². The summed E-state index contributed by atoms with van der Waals surface area (Å²) in [7, 11) is 1.52. The van der Waals surface area contributed by atoms with Crippen molar-refractivity contribution < 1.29 is 14.7 Å². The number of terminal acetylenes is 1. The van der Waals surface area contributed by atoms with Crippen molar-refractivity contribution >= 4 is 12.0 Å². The lowest BCUT2D eigenvalue weighted by Gasteiger charge is -2.19. The van der Waals surface area contributed by atoms with E-state index in [1.165, 1.54) is 11.9 Å². The molecule has 5 nitrogen and oxygen atoms in total. The number of amides is 2. The second-order valence-electron chi connectivity index (χ2n) is 4.42. The zero-order valence-electron chi connectivity index (χ0n) is 11.4. The van der Waals surface area contributed by atoms with Gasteiger partial charge in [0, 0.05) is 7.05 Å². The van der Waals surface area contributed by atoms with Crippen molar-refractivity contribution in [3.63, 3.8) is 0 Å². The van der Waals surface area contributed by atoms with E-state index in [1.807, 2.05) is 30.3 Å². The fraction of sp³-hybridized carbons (Fsp3) is 0.333. The first-order valence-corrected chi connectivity index (χ1v) is 6.26. The van der Waals surface area contributed by atoms with Gasteiger partial charge in [-0.2, -0.15) is 0 Å². The van der Waals surface area contributed by atoms with Crippen molar-refractivity contribution in [1.82, 2.24) is 10.2 Å². The number of urea groups is 1. The molecule has 1 aromatic rings. The van der Waals surface area contributed by atoms with Crippen LogP contribution in [0.3, 0.4) is 0 Å². The first kappa shape index (κ1) is 15.6. The van der Waals surface area contributed by atoms with E-state index in [9.17, 15) is 9.59 Å². The smallest absolute Gasteiger partial charge is 0.326 e. The Labute approximate surface area is 118 Å². The lowest BCUT2D eigenvalue weighted by Crippen LogP contribution is -2.46. The van der Waals surface area contributed by atoms with Gasteiger partial charge in [0.1, 0.15) is 6.04 Å². The van der Waals surface area contributed by atoms with Gasteiger partial charge < -0.3 is 15.3 Å². The van der Waals surface area contributed by atoms with Crippen molar-refractivity contribution in [2.75, 3.05) is 13.6 Å². The molecule has 0 heterocycles. The zero-order chi connectivity index (χ0) is 15.0. The van der Waals surface area contributed by atoms with E-state index in [-0.39, 0.29) is 6.54 Å². The minimum atomic E-state index is -1.05. The van der Waals surface area contributed by atoms with Gasteiger partial charge >= 0.3 is 12.0 Å². The van der Waals surface area contributed by atoms with Crippen LogP contribution in [0.15, 0.2) is 30.3 Å². The number of aliphatic carboxylic acids is 1. The molecule has 0 unspecified atom stereocenters. The summed E-state index contributed by atoms with van der Waals surface area (Å²) in [5, 5.41) is 11.6. The molecule has 5 heteroatoms. The standard InChI is InChI=1S/C15H18N2O3/c1-3-11-17(2)15(20)16-13(14(18)19)10-9-12-7-5-4-6-8-12/h1,4-8,13H,9-11H2,2H3,(H,16,20)(H,18,19)/t13-/m0/s1. The quantitative estimate of drug-likeness (QED) is 0.769. The summed E-state index contributed by atoms with van der Waals surface area (Å²) in [5.74, 6) is 1.27. The number of nitrogens with zero attached hydrogens (tertiary/aromatic N) is 1. The molecular formula is C15H18N2O3. The Bertz CT molecular complexity index is 494. The van der Waals surface area contributed by atoms with E-state index < -0.39 is 18.0 Å². The molecule has 0 saturated heterocycles. The van der Waals surface area contributed by atoms with E-state index in [0.717, 1.165) is 5.56 Å². The van der Waals surface area contributed by atoms with Crippen LogP contribution in [0.1, 0.15) is 12.0 Å². The summed E-state index contributed by atoms with van der Waals surface area (Å²) in [6.45, 7) is 0.136. The van der Waals surface area contributed by atoms with Gasteiger partial charge in [-0.1, -0.05) is 36.3 Å². The highest BCUT2D eigenvalue weighted by molar-refractivity contribution is 5.82. The molecule has 0 fully saturated rings. The molecule has 1 rings (SSSR count).